The normalized spacial score (nSPS) is 18.9. The number of benzene rings is 1. The van der Waals surface area contributed by atoms with Crippen LogP contribution in [0.15, 0.2) is 35.4 Å². The second-order valence-corrected chi connectivity index (χ2v) is 10.3. The smallest absolute Gasteiger partial charge is 0.330 e. The summed E-state index contributed by atoms with van der Waals surface area (Å²) < 4.78 is 29.8. The molecule has 0 aliphatic carbocycles. The molecular weight excluding hydrogens is 399 g/mol. The Morgan fingerprint density at radius 1 is 1.20 bits per heavy atom. The summed E-state index contributed by atoms with van der Waals surface area (Å²) in [4.78, 5) is 0. The molecule has 1 saturated heterocycles. The van der Waals surface area contributed by atoms with E-state index in [2.05, 4.69) is 31.0 Å². The highest BCUT2D eigenvalue weighted by Gasteiger charge is 2.32. The monoisotopic (exact) mass is 438 g/mol. The van der Waals surface area contributed by atoms with E-state index in [4.69, 9.17) is 18.9 Å². The zero-order chi connectivity index (χ0) is 22.0. The van der Waals surface area contributed by atoms with Gasteiger partial charge in [0.15, 0.2) is 0 Å². The van der Waals surface area contributed by atoms with E-state index in [0.717, 1.165) is 37.1 Å². The number of methoxy groups -OCH3 is 1. The van der Waals surface area contributed by atoms with Gasteiger partial charge in [0.25, 0.3) is 0 Å². The number of hydrogen-bond donors (Lipinski definition) is 0. The molecule has 1 aliphatic heterocycles. The second-order valence-electron chi connectivity index (χ2n) is 8.16. The van der Waals surface area contributed by atoms with E-state index >= 15 is 0 Å². The Balaban J connectivity index is 2.30. The van der Waals surface area contributed by atoms with Crippen LogP contribution in [0.2, 0.25) is 0 Å². The molecule has 170 valence electrons. The van der Waals surface area contributed by atoms with Crippen molar-refractivity contribution in [3.63, 3.8) is 0 Å². The Bertz CT molecular complexity index is 686. The fourth-order valence-electron chi connectivity index (χ4n) is 3.90. The highest BCUT2D eigenvalue weighted by molar-refractivity contribution is 7.53. The van der Waals surface area contributed by atoms with E-state index in [0.29, 0.717) is 37.9 Å². The van der Waals surface area contributed by atoms with Crippen LogP contribution in [0.4, 0.5) is 0 Å². The fourth-order valence-corrected chi connectivity index (χ4v) is 6.10. The summed E-state index contributed by atoms with van der Waals surface area (Å²) in [5.41, 5.74) is 2.13. The first kappa shape index (κ1) is 25.1. The van der Waals surface area contributed by atoms with Gasteiger partial charge in [0.1, 0.15) is 0 Å². The Morgan fingerprint density at radius 2 is 1.87 bits per heavy atom. The van der Waals surface area contributed by atoms with E-state index in [1.807, 2.05) is 32.0 Å². The van der Waals surface area contributed by atoms with Crippen LogP contribution in [0.1, 0.15) is 52.5 Å². The zero-order valence-corrected chi connectivity index (χ0v) is 20.1. The van der Waals surface area contributed by atoms with Crippen molar-refractivity contribution >= 4 is 13.3 Å². The van der Waals surface area contributed by atoms with Crippen molar-refractivity contribution in [3.8, 4) is 0 Å². The van der Waals surface area contributed by atoms with Gasteiger partial charge in [-0.1, -0.05) is 44.2 Å². The van der Waals surface area contributed by atoms with Gasteiger partial charge in [0.05, 0.1) is 37.7 Å². The largest absolute Gasteiger partial charge is 0.382 e. The van der Waals surface area contributed by atoms with E-state index in [1.165, 1.54) is 0 Å². The van der Waals surface area contributed by atoms with Gasteiger partial charge in [-0.15, -0.1) is 0 Å². The Labute approximate surface area is 182 Å². The van der Waals surface area contributed by atoms with Gasteiger partial charge in [0.2, 0.25) is 0 Å². The summed E-state index contributed by atoms with van der Waals surface area (Å²) >= 11 is 0. The van der Waals surface area contributed by atoms with E-state index < -0.39 is 7.60 Å². The standard InChI is InChI=1S/C23H39N2O4P/c1-6-28-30(26,29-7-2)18-21(19(3)4)16-23(20-12-9-8-10-13-20)24-25-15-11-14-22(25)17-27-5/h8-10,12-13,19,21-22H,6-7,11,14-18H2,1-5H3/b24-23+/t21-,22+/m1/s1. The average molecular weight is 439 g/mol. The van der Waals surface area contributed by atoms with Crippen LogP contribution in [0.25, 0.3) is 0 Å². The summed E-state index contributed by atoms with van der Waals surface area (Å²) in [5.74, 6) is 0.456. The first-order chi connectivity index (χ1) is 14.4. The summed E-state index contributed by atoms with van der Waals surface area (Å²) in [6.45, 7) is 10.4. The fraction of sp³-hybridized carbons (Fsp3) is 0.696. The highest BCUT2D eigenvalue weighted by atomic mass is 31.2. The number of rotatable bonds is 13. The lowest BCUT2D eigenvalue weighted by atomic mass is 9.90. The molecule has 1 aromatic rings. The molecule has 0 radical (unpaired) electrons. The molecule has 0 aromatic heterocycles. The van der Waals surface area contributed by atoms with Crippen LogP contribution in [0.3, 0.4) is 0 Å². The molecule has 0 N–H and O–H groups in total. The van der Waals surface area contributed by atoms with Crippen molar-refractivity contribution < 1.29 is 18.3 Å². The number of ether oxygens (including phenoxy) is 1. The lowest BCUT2D eigenvalue weighted by molar-refractivity contribution is 0.117. The molecule has 0 bridgehead atoms. The lowest BCUT2D eigenvalue weighted by Crippen LogP contribution is -2.30. The molecule has 1 aromatic carbocycles. The molecule has 30 heavy (non-hydrogen) atoms. The van der Waals surface area contributed by atoms with Crippen LogP contribution < -0.4 is 0 Å². The topological polar surface area (TPSA) is 60.4 Å². The SMILES string of the molecule is CCOP(=O)(C[C@@H](C/C(=N\N1CCC[C@H]1COC)c1ccccc1)C(C)C)OCC. The third kappa shape index (κ3) is 7.49. The molecule has 1 aliphatic rings. The predicted molar refractivity (Wildman–Crippen MR) is 123 cm³/mol. The second kappa shape index (κ2) is 12.6. The Kier molecular flexibility index (Phi) is 10.5. The minimum atomic E-state index is -3.12. The van der Waals surface area contributed by atoms with Gasteiger partial charge < -0.3 is 13.8 Å². The van der Waals surface area contributed by atoms with E-state index in [9.17, 15) is 4.57 Å². The maximum Gasteiger partial charge on any atom is 0.330 e. The van der Waals surface area contributed by atoms with Crippen molar-refractivity contribution in [2.45, 2.75) is 53.0 Å². The minimum Gasteiger partial charge on any atom is -0.382 e. The van der Waals surface area contributed by atoms with Gasteiger partial charge in [0, 0.05) is 13.7 Å². The molecule has 1 heterocycles. The summed E-state index contributed by atoms with van der Waals surface area (Å²) in [6, 6.07) is 10.6. The van der Waals surface area contributed by atoms with Gasteiger partial charge in [-0.05, 0) is 50.5 Å². The molecule has 1 fully saturated rings. The maximum absolute atomic E-state index is 13.2. The van der Waals surface area contributed by atoms with Crippen LogP contribution in [0.5, 0.6) is 0 Å². The molecule has 0 unspecified atom stereocenters. The zero-order valence-electron chi connectivity index (χ0n) is 19.3. The van der Waals surface area contributed by atoms with Crippen molar-refractivity contribution in [1.29, 1.82) is 0 Å². The average Bonchev–Trinajstić information content (AvgIpc) is 3.15. The highest BCUT2D eigenvalue weighted by Crippen LogP contribution is 2.51. The van der Waals surface area contributed by atoms with E-state index in [-0.39, 0.29) is 5.92 Å². The van der Waals surface area contributed by atoms with Crippen LogP contribution in [0, 0.1) is 11.8 Å². The van der Waals surface area contributed by atoms with E-state index in [1.54, 1.807) is 7.11 Å². The van der Waals surface area contributed by atoms with Crippen molar-refractivity contribution in [2.24, 2.45) is 16.9 Å². The molecule has 2 atom stereocenters. The van der Waals surface area contributed by atoms with Crippen LogP contribution >= 0.6 is 7.60 Å². The van der Waals surface area contributed by atoms with Gasteiger partial charge in [-0.25, -0.2) is 0 Å². The number of hydrogen-bond acceptors (Lipinski definition) is 6. The third-order valence-corrected chi connectivity index (χ3v) is 7.79. The van der Waals surface area contributed by atoms with Crippen molar-refractivity contribution in [3.05, 3.63) is 35.9 Å². The minimum absolute atomic E-state index is 0.136. The molecule has 0 amide bonds. The van der Waals surface area contributed by atoms with Gasteiger partial charge in [-0.3, -0.25) is 9.57 Å². The van der Waals surface area contributed by atoms with Crippen LogP contribution in [-0.4, -0.2) is 56.4 Å². The van der Waals surface area contributed by atoms with Crippen LogP contribution in [-0.2, 0) is 18.3 Å². The third-order valence-electron chi connectivity index (χ3n) is 5.57. The Hall–Kier alpha value is -1.20. The molecule has 7 heteroatoms. The van der Waals surface area contributed by atoms with Gasteiger partial charge in [-0.2, -0.15) is 5.10 Å². The summed E-state index contributed by atoms with van der Waals surface area (Å²) in [6.07, 6.45) is 3.34. The molecular formula is C23H39N2O4P. The van der Waals surface area contributed by atoms with Crippen molar-refractivity contribution in [1.82, 2.24) is 5.01 Å². The summed E-state index contributed by atoms with van der Waals surface area (Å²) in [5, 5.41) is 7.26. The molecule has 0 saturated carbocycles. The maximum atomic E-state index is 13.2. The quantitative estimate of drug-likeness (QED) is 0.304. The number of nitrogens with zero attached hydrogens (tertiary/aromatic N) is 2. The predicted octanol–water partition coefficient (Wildman–Crippen LogP) is 5.43. The van der Waals surface area contributed by atoms with Gasteiger partial charge >= 0.3 is 7.60 Å². The first-order valence-electron chi connectivity index (χ1n) is 11.2. The molecule has 6 nitrogen and oxygen atoms in total. The Morgan fingerprint density at radius 3 is 2.43 bits per heavy atom. The molecule has 0 spiro atoms. The summed E-state index contributed by atoms with van der Waals surface area (Å²) in [7, 11) is -1.38. The van der Waals surface area contributed by atoms with Crippen molar-refractivity contribution in [2.75, 3.05) is 39.6 Å². The number of hydrazone groups is 1. The first-order valence-corrected chi connectivity index (χ1v) is 12.9. The molecule has 2 rings (SSSR count). The lowest BCUT2D eigenvalue weighted by Gasteiger charge is -2.28.